The predicted octanol–water partition coefficient (Wildman–Crippen LogP) is 3.33. The van der Waals surface area contributed by atoms with Gasteiger partial charge >= 0.3 is 0 Å². The van der Waals surface area contributed by atoms with Gasteiger partial charge < -0.3 is 5.32 Å². The summed E-state index contributed by atoms with van der Waals surface area (Å²) >= 11 is 5.99. The van der Waals surface area contributed by atoms with E-state index in [1.54, 1.807) is 0 Å². The first-order valence-corrected chi connectivity index (χ1v) is 7.30. The van der Waals surface area contributed by atoms with Crippen LogP contribution in [0.25, 0.3) is 0 Å². The van der Waals surface area contributed by atoms with E-state index >= 15 is 0 Å². The van der Waals surface area contributed by atoms with E-state index < -0.39 is 0 Å². The molecule has 0 amide bonds. The summed E-state index contributed by atoms with van der Waals surface area (Å²) in [5.74, 6) is 0.671. The van der Waals surface area contributed by atoms with Crippen molar-refractivity contribution in [3.63, 3.8) is 0 Å². The van der Waals surface area contributed by atoms with Gasteiger partial charge in [0.1, 0.15) is 0 Å². The lowest BCUT2D eigenvalue weighted by Crippen LogP contribution is -2.46. The highest BCUT2D eigenvalue weighted by molar-refractivity contribution is 6.30. The quantitative estimate of drug-likeness (QED) is 0.899. The average molecular weight is 267 g/mol. The Balaban J connectivity index is 2.20. The minimum Gasteiger partial charge on any atom is -0.314 e. The maximum absolute atomic E-state index is 5.99. The van der Waals surface area contributed by atoms with E-state index in [4.69, 9.17) is 11.6 Å². The highest BCUT2D eigenvalue weighted by atomic mass is 35.5. The molecule has 18 heavy (non-hydrogen) atoms. The predicted molar refractivity (Wildman–Crippen MR) is 78.1 cm³/mol. The van der Waals surface area contributed by atoms with Crippen molar-refractivity contribution in [1.82, 2.24) is 10.2 Å². The minimum absolute atomic E-state index is 0.523. The molecule has 1 aliphatic heterocycles. The van der Waals surface area contributed by atoms with Gasteiger partial charge in [-0.25, -0.2) is 0 Å². The number of nitrogens with one attached hydrogen (secondary N) is 1. The van der Waals surface area contributed by atoms with Gasteiger partial charge in [0.05, 0.1) is 0 Å². The third-order valence-corrected chi connectivity index (χ3v) is 4.19. The molecule has 1 saturated heterocycles. The Morgan fingerprint density at radius 3 is 2.39 bits per heavy atom. The number of nitrogens with zero attached hydrogens (tertiary/aromatic N) is 1. The van der Waals surface area contributed by atoms with E-state index in [2.05, 4.69) is 36.2 Å². The van der Waals surface area contributed by atoms with E-state index in [1.807, 2.05) is 12.1 Å². The monoisotopic (exact) mass is 266 g/mol. The van der Waals surface area contributed by atoms with Crippen molar-refractivity contribution in [2.45, 2.75) is 26.3 Å². The fourth-order valence-corrected chi connectivity index (χ4v) is 2.87. The van der Waals surface area contributed by atoms with Crippen LogP contribution < -0.4 is 5.32 Å². The van der Waals surface area contributed by atoms with E-state index in [-0.39, 0.29) is 0 Å². The van der Waals surface area contributed by atoms with Crippen molar-refractivity contribution in [2.75, 3.05) is 26.2 Å². The summed E-state index contributed by atoms with van der Waals surface area (Å²) in [4.78, 5) is 2.61. The second kappa shape index (κ2) is 6.55. The lowest BCUT2D eigenvalue weighted by molar-refractivity contribution is 0.128. The Labute approximate surface area is 115 Å². The third kappa shape index (κ3) is 3.25. The molecule has 2 nitrogen and oxygen atoms in total. The fraction of sp³-hybridized carbons (Fsp3) is 0.600. The van der Waals surface area contributed by atoms with Gasteiger partial charge in [-0.1, -0.05) is 44.0 Å². The maximum atomic E-state index is 5.99. The highest BCUT2D eigenvalue weighted by Gasteiger charge is 2.26. The lowest BCUT2D eigenvalue weighted by atomic mass is 9.90. The molecule has 2 atom stereocenters. The first kappa shape index (κ1) is 13.9. The minimum atomic E-state index is 0.523. The van der Waals surface area contributed by atoms with Crippen molar-refractivity contribution >= 4 is 11.6 Å². The summed E-state index contributed by atoms with van der Waals surface area (Å²) in [5.41, 5.74) is 1.40. The molecule has 100 valence electrons. The van der Waals surface area contributed by atoms with Crippen LogP contribution in [0.2, 0.25) is 5.02 Å². The van der Waals surface area contributed by atoms with E-state index in [0.29, 0.717) is 12.0 Å². The summed E-state index contributed by atoms with van der Waals surface area (Å²) in [7, 11) is 0. The Bertz CT molecular complexity index is 357. The Morgan fingerprint density at radius 1 is 1.22 bits per heavy atom. The van der Waals surface area contributed by atoms with Gasteiger partial charge in [-0.15, -0.1) is 0 Å². The van der Waals surface area contributed by atoms with Crippen LogP contribution in [0.4, 0.5) is 0 Å². The van der Waals surface area contributed by atoms with Crippen LogP contribution in [-0.4, -0.2) is 31.1 Å². The van der Waals surface area contributed by atoms with Gasteiger partial charge in [-0.3, -0.25) is 4.90 Å². The first-order chi connectivity index (χ1) is 8.72. The van der Waals surface area contributed by atoms with Crippen LogP contribution in [0.15, 0.2) is 24.3 Å². The molecule has 0 spiro atoms. The van der Waals surface area contributed by atoms with E-state index in [1.165, 1.54) is 12.0 Å². The van der Waals surface area contributed by atoms with Crippen LogP contribution in [0.3, 0.4) is 0 Å². The molecule has 1 fully saturated rings. The van der Waals surface area contributed by atoms with Gasteiger partial charge in [0.2, 0.25) is 0 Å². The van der Waals surface area contributed by atoms with Crippen molar-refractivity contribution < 1.29 is 0 Å². The van der Waals surface area contributed by atoms with Crippen molar-refractivity contribution in [1.29, 1.82) is 0 Å². The number of halogens is 1. The van der Waals surface area contributed by atoms with E-state index in [9.17, 15) is 0 Å². The number of benzene rings is 1. The van der Waals surface area contributed by atoms with Crippen LogP contribution in [0, 0.1) is 5.92 Å². The van der Waals surface area contributed by atoms with Crippen LogP contribution in [-0.2, 0) is 0 Å². The standard InChI is InChI=1S/C15H23ClN2/c1-3-12(2)15(18-10-8-17-9-11-18)13-4-6-14(16)7-5-13/h4-7,12,15,17H,3,8-11H2,1-2H3/t12?,15-/m1/s1. The molecular weight excluding hydrogens is 244 g/mol. The molecule has 0 aromatic heterocycles. The maximum Gasteiger partial charge on any atom is 0.0406 e. The molecule has 0 radical (unpaired) electrons. The molecule has 1 heterocycles. The summed E-state index contributed by atoms with van der Waals surface area (Å²) < 4.78 is 0. The molecule has 0 saturated carbocycles. The number of hydrogen-bond donors (Lipinski definition) is 1. The van der Waals surface area contributed by atoms with Crippen LogP contribution in [0.1, 0.15) is 31.9 Å². The second-order valence-electron chi connectivity index (χ2n) is 5.17. The molecule has 0 bridgehead atoms. The topological polar surface area (TPSA) is 15.3 Å². The van der Waals surface area contributed by atoms with Crippen molar-refractivity contribution in [3.8, 4) is 0 Å². The molecule has 1 aromatic carbocycles. The van der Waals surface area contributed by atoms with Gasteiger partial charge in [-0.2, -0.15) is 0 Å². The summed E-state index contributed by atoms with van der Waals surface area (Å²) in [6.07, 6.45) is 1.21. The van der Waals surface area contributed by atoms with Crippen molar-refractivity contribution in [2.24, 2.45) is 5.92 Å². The molecular formula is C15H23ClN2. The summed E-state index contributed by atoms with van der Waals surface area (Å²) in [6, 6.07) is 8.90. The number of hydrogen-bond acceptors (Lipinski definition) is 2. The van der Waals surface area contributed by atoms with Gasteiger partial charge in [0.25, 0.3) is 0 Å². The van der Waals surface area contributed by atoms with Gasteiger partial charge in [-0.05, 0) is 23.6 Å². The van der Waals surface area contributed by atoms with Crippen molar-refractivity contribution in [3.05, 3.63) is 34.9 Å². The molecule has 3 heteroatoms. The zero-order valence-electron chi connectivity index (χ0n) is 11.3. The Hall–Kier alpha value is -0.570. The lowest BCUT2D eigenvalue weighted by Gasteiger charge is -2.38. The zero-order valence-corrected chi connectivity index (χ0v) is 12.1. The summed E-state index contributed by atoms with van der Waals surface area (Å²) in [5, 5.41) is 4.25. The largest absolute Gasteiger partial charge is 0.314 e. The molecule has 1 aromatic rings. The number of rotatable bonds is 4. The molecule has 2 rings (SSSR count). The molecule has 1 aliphatic rings. The second-order valence-corrected chi connectivity index (χ2v) is 5.60. The average Bonchev–Trinajstić information content (AvgIpc) is 2.42. The van der Waals surface area contributed by atoms with Gasteiger partial charge in [0, 0.05) is 37.2 Å². The Kier molecular flexibility index (Phi) is 5.04. The van der Waals surface area contributed by atoms with Gasteiger partial charge in [0.15, 0.2) is 0 Å². The smallest absolute Gasteiger partial charge is 0.0406 e. The zero-order chi connectivity index (χ0) is 13.0. The first-order valence-electron chi connectivity index (χ1n) is 6.92. The summed E-state index contributed by atoms with van der Waals surface area (Å²) in [6.45, 7) is 9.09. The molecule has 1 unspecified atom stereocenters. The Morgan fingerprint density at radius 2 is 1.83 bits per heavy atom. The van der Waals surface area contributed by atoms with Crippen LogP contribution in [0.5, 0.6) is 0 Å². The molecule has 1 N–H and O–H groups in total. The number of piperazine rings is 1. The normalized spacial score (nSPS) is 20.6. The third-order valence-electron chi connectivity index (χ3n) is 3.94. The SMILES string of the molecule is CCC(C)[C@H](c1ccc(Cl)cc1)N1CCNCC1. The van der Waals surface area contributed by atoms with Crippen LogP contribution >= 0.6 is 11.6 Å². The molecule has 0 aliphatic carbocycles. The van der Waals surface area contributed by atoms with E-state index in [0.717, 1.165) is 31.2 Å². The highest BCUT2D eigenvalue weighted by Crippen LogP contribution is 2.31. The fourth-order valence-electron chi connectivity index (χ4n) is 2.74.